The number of ether oxygens (including phenoxy) is 2. The lowest BCUT2D eigenvalue weighted by Crippen LogP contribution is -2.45. The predicted molar refractivity (Wildman–Crippen MR) is 198 cm³/mol. The van der Waals surface area contributed by atoms with Gasteiger partial charge in [0, 0.05) is 44.4 Å². The van der Waals surface area contributed by atoms with Gasteiger partial charge in [-0.3, -0.25) is 23.9 Å². The van der Waals surface area contributed by atoms with E-state index in [0.29, 0.717) is 63.2 Å². The largest absolute Gasteiger partial charge is 0.506 e. The normalized spacial score (nSPS) is 14.6. The summed E-state index contributed by atoms with van der Waals surface area (Å²) in [5.74, 6) is -1.78. The Morgan fingerprint density at radius 2 is 1.79 bits per heavy atom. The molecule has 0 bridgehead atoms. The Morgan fingerprint density at radius 3 is 2.47 bits per heavy atom. The summed E-state index contributed by atoms with van der Waals surface area (Å²) in [5.41, 5.74) is 9.71. The third kappa shape index (κ3) is 13.2. The number of aromatic hydroxyl groups is 1. The summed E-state index contributed by atoms with van der Waals surface area (Å²) < 4.78 is 13.3. The second-order valence-electron chi connectivity index (χ2n) is 13.3. The van der Waals surface area contributed by atoms with Gasteiger partial charge in [0.1, 0.15) is 17.5 Å². The smallest absolute Gasteiger partial charge is 0.320 e. The van der Waals surface area contributed by atoms with Crippen molar-refractivity contribution < 1.29 is 44.0 Å². The van der Waals surface area contributed by atoms with E-state index in [1.165, 1.54) is 24.8 Å². The molecular formula is C38H52N6O9. The molecule has 2 aliphatic rings. The van der Waals surface area contributed by atoms with Crippen molar-refractivity contribution in [2.75, 3.05) is 44.8 Å². The number of nitrogens with two attached hydrogens (primary N) is 1. The molecule has 1 aromatic heterocycles. The molecule has 288 valence electrons. The van der Waals surface area contributed by atoms with Crippen LogP contribution in [0.15, 0.2) is 48.8 Å². The quantitative estimate of drug-likeness (QED) is 0.0819. The van der Waals surface area contributed by atoms with Crippen molar-refractivity contribution in [3.05, 3.63) is 59.9 Å². The SMILES string of the molecule is Cn1cc(-c2ccc(CCOCCC(=O)N(CCNCCc3ccc(O)c4c3OCC(=O)N4)C3CCCCC3)cc2)cn1.N[C@@H](CCC(=O)O)C(=O)O. The highest BCUT2D eigenvalue weighted by Crippen LogP contribution is 2.39. The minimum absolute atomic E-state index is 0.000764. The van der Waals surface area contributed by atoms with Gasteiger partial charge in [-0.25, -0.2) is 0 Å². The Bertz CT molecular complexity index is 1660. The van der Waals surface area contributed by atoms with Crippen LogP contribution in [0.4, 0.5) is 5.69 Å². The molecule has 1 aliphatic heterocycles. The van der Waals surface area contributed by atoms with E-state index in [1.54, 1.807) is 10.7 Å². The Labute approximate surface area is 309 Å². The first-order valence-electron chi connectivity index (χ1n) is 18.2. The number of aliphatic carboxylic acids is 2. The van der Waals surface area contributed by atoms with Crippen LogP contribution in [0.25, 0.3) is 11.1 Å². The minimum Gasteiger partial charge on any atom is -0.506 e. The Hall–Kier alpha value is -4.99. The highest BCUT2D eigenvalue weighted by molar-refractivity contribution is 5.97. The summed E-state index contributed by atoms with van der Waals surface area (Å²) >= 11 is 0. The molecule has 2 aromatic carbocycles. The fourth-order valence-electron chi connectivity index (χ4n) is 6.29. The third-order valence-corrected chi connectivity index (χ3v) is 9.24. The van der Waals surface area contributed by atoms with E-state index in [9.17, 15) is 24.3 Å². The van der Waals surface area contributed by atoms with E-state index in [1.807, 2.05) is 25.5 Å². The van der Waals surface area contributed by atoms with E-state index >= 15 is 0 Å². The van der Waals surface area contributed by atoms with E-state index < -0.39 is 18.0 Å². The molecule has 0 radical (unpaired) electrons. The summed E-state index contributed by atoms with van der Waals surface area (Å²) in [6.07, 6.45) is 11.2. The van der Waals surface area contributed by atoms with E-state index in [2.05, 4.69) is 44.9 Å². The predicted octanol–water partition coefficient (Wildman–Crippen LogP) is 3.33. The number of phenolic OH excluding ortho intramolecular Hbond substituents is 1. The molecule has 1 atom stereocenters. The van der Waals surface area contributed by atoms with Crippen molar-refractivity contribution in [2.45, 2.75) is 76.3 Å². The van der Waals surface area contributed by atoms with Crippen LogP contribution in [-0.4, -0.2) is 105 Å². The monoisotopic (exact) mass is 736 g/mol. The minimum atomic E-state index is -1.17. The fourth-order valence-corrected chi connectivity index (χ4v) is 6.29. The molecule has 0 saturated heterocycles. The van der Waals surface area contributed by atoms with Crippen molar-refractivity contribution in [3.8, 4) is 22.6 Å². The highest BCUT2D eigenvalue weighted by Gasteiger charge is 2.25. The molecule has 15 nitrogen and oxygen atoms in total. The second-order valence-corrected chi connectivity index (χ2v) is 13.3. The summed E-state index contributed by atoms with van der Waals surface area (Å²) in [4.78, 5) is 46.9. The molecule has 1 fully saturated rings. The van der Waals surface area contributed by atoms with Gasteiger partial charge in [-0.15, -0.1) is 0 Å². The Balaban J connectivity index is 0.000000550. The van der Waals surface area contributed by atoms with Gasteiger partial charge in [0.05, 0.1) is 25.8 Å². The third-order valence-electron chi connectivity index (χ3n) is 9.24. The zero-order chi connectivity index (χ0) is 38.2. The zero-order valence-corrected chi connectivity index (χ0v) is 30.3. The zero-order valence-electron chi connectivity index (χ0n) is 30.3. The number of aromatic nitrogens is 2. The molecule has 0 unspecified atom stereocenters. The Morgan fingerprint density at radius 1 is 1.04 bits per heavy atom. The van der Waals surface area contributed by atoms with Crippen LogP contribution in [0.5, 0.6) is 11.5 Å². The first-order valence-corrected chi connectivity index (χ1v) is 18.2. The summed E-state index contributed by atoms with van der Waals surface area (Å²) in [6.45, 7) is 2.99. The van der Waals surface area contributed by atoms with Crippen molar-refractivity contribution in [1.29, 1.82) is 0 Å². The maximum absolute atomic E-state index is 13.3. The molecule has 2 heterocycles. The van der Waals surface area contributed by atoms with Gasteiger partial charge in [0.25, 0.3) is 5.91 Å². The van der Waals surface area contributed by atoms with Crippen LogP contribution in [0, 0.1) is 0 Å². The average molecular weight is 737 g/mol. The first-order chi connectivity index (χ1) is 25.5. The second kappa shape index (κ2) is 20.9. The number of nitrogens with zero attached hydrogens (tertiary/aromatic N) is 3. The maximum Gasteiger partial charge on any atom is 0.320 e. The van der Waals surface area contributed by atoms with Crippen LogP contribution in [0.2, 0.25) is 0 Å². The average Bonchev–Trinajstić information content (AvgIpc) is 3.59. The Kier molecular flexibility index (Phi) is 16.1. The van der Waals surface area contributed by atoms with Crippen molar-refractivity contribution in [1.82, 2.24) is 20.0 Å². The van der Waals surface area contributed by atoms with Gasteiger partial charge in [-0.05, 0) is 61.4 Å². The molecule has 15 heteroatoms. The molecule has 53 heavy (non-hydrogen) atoms. The van der Waals surface area contributed by atoms with Crippen LogP contribution in [0.1, 0.15) is 62.5 Å². The van der Waals surface area contributed by atoms with Gasteiger partial charge in [-0.2, -0.15) is 5.10 Å². The van der Waals surface area contributed by atoms with E-state index in [4.69, 9.17) is 25.4 Å². The topological polar surface area (TPSA) is 219 Å². The molecule has 0 spiro atoms. The van der Waals surface area contributed by atoms with Crippen LogP contribution in [0.3, 0.4) is 0 Å². The summed E-state index contributed by atoms with van der Waals surface area (Å²) in [6, 6.07) is 11.1. The number of nitrogens with one attached hydrogen (secondary N) is 2. The number of carboxylic acids is 2. The van der Waals surface area contributed by atoms with Gasteiger partial charge >= 0.3 is 11.9 Å². The summed E-state index contributed by atoms with van der Waals surface area (Å²) in [7, 11) is 1.91. The van der Waals surface area contributed by atoms with Crippen LogP contribution < -0.4 is 21.1 Å². The van der Waals surface area contributed by atoms with Crippen LogP contribution >= 0.6 is 0 Å². The first kappa shape index (κ1) is 40.8. The lowest BCUT2D eigenvalue weighted by Gasteiger charge is -2.34. The number of fused-ring (bicyclic) bond motifs is 1. The number of anilines is 1. The molecule has 1 aliphatic carbocycles. The number of carbonyl (C=O) groups is 4. The molecular weight excluding hydrogens is 684 g/mol. The number of rotatable bonds is 18. The summed E-state index contributed by atoms with van der Waals surface area (Å²) in [5, 5.41) is 36.7. The van der Waals surface area contributed by atoms with Gasteiger partial charge in [-0.1, -0.05) is 49.6 Å². The van der Waals surface area contributed by atoms with Crippen molar-refractivity contribution >= 4 is 29.4 Å². The number of carbonyl (C=O) groups excluding carboxylic acids is 2. The number of amides is 2. The number of hydrogen-bond donors (Lipinski definition) is 6. The molecule has 1 saturated carbocycles. The van der Waals surface area contributed by atoms with Gasteiger partial charge in [0.15, 0.2) is 12.4 Å². The van der Waals surface area contributed by atoms with Crippen LogP contribution in [-0.2, 0) is 43.8 Å². The molecule has 5 rings (SSSR count). The van der Waals surface area contributed by atoms with Crippen molar-refractivity contribution in [2.24, 2.45) is 12.8 Å². The number of hydrogen-bond acceptors (Lipinski definition) is 10. The van der Waals surface area contributed by atoms with Gasteiger partial charge < -0.3 is 46.1 Å². The van der Waals surface area contributed by atoms with Crippen molar-refractivity contribution in [3.63, 3.8) is 0 Å². The maximum atomic E-state index is 13.3. The fraction of sp³-hybridized carbons (Fsp3) is 0.500. The van der Waals surface area contributed by atoms with E-state index in [0.717, 1.165) is 36.0 Å². The number of carboxylic acid groups (broad SMARTS) is 2. The standard InChI is InChI=1S/C33H43N5O5.C5H9NO4/c1-37-22-27(21-35-37)25-9-7-24(8-10-25)14-19-42-20-15-31(41)38(28-5-3-2-4-6-28)18-17-34-16-13-26-11-12-29(39)32-33(26)43-23-30(40)36-32;6-3(5(9)10)1-2-4(7)8/h7-12,21-22,28,34,39H,2-6,13-20,23H2,1H3,(H,36,40);3H,1-2,6H2,(H,7,8)(H,9,10)/t;3-/m.0/s1. The lowest BCUT2D eigenvalue weighted by atomic mass is 9.94. The number of benzene rings is 2. The number of aryl methyl sites for hydroxylation is 1. The van der Waals surface area contributed by atoms with Gasteiger partial charge in [0.2, 0.25) is 5.91 Å². The highest BCUT2D eigenvalue weighted by atomic mass is 16.5. The molecule has 3 aromatic rings. The number of phenols is 1. The molecule has 7 N–H and O–H groups in total. The van der Waals surface area contributed by atoms with E-state index in [-0.39, 0.29) is 37.0 Å². The molecule has 2 amide bonds. The lowest BCUT2D eigenvalue weighted by molar-refractivity contribution is -0.140.